The lowest BCUT2D eigenvalue weighted by molar-refractivity contribution is -0.116. The number of aromatic amines is 1. The van der Waals surface area contributed by atoms with Gasteiger partial charge in [0.05, 0.1) is 23.5 Å². The molecule has 2 aromatic carbocycles. The van der Waals surface area contributed by atoms with Gasteiger partial charge in [-0.3, -0.25) is 14.9 Å². The van der Waals surface area contributed by atoms with E-state index in [0.717, 1.165) is 16.3 Å². The second kappa shape index (κ2) is 8.73. The monoisotopic (exact) mass is 440 g/mol. The molecule has 0 aliphatic carbocycles. The maximum absolute atomic E-state index is 12.3. The number of carbonyl (C=O) groups is 1. The van der Waals surface area contributed by atoms with Crippen LogP contribution in [0.25, 0.3) is 10.8 Å². The molecule has 0 saturated carbocycles. The van der Waals surface area contributed by atoms with Crippen LogP contribution in [0.3, 0.4) is 0 Å². The standard InChI is InChI=1S/C22H18Cl2N4O2/c1-14(29)28(12-15-9-26-27-10-15)20-6-5-19(23)18(22(20)24)13-30-21-4-2-3-16-11-25-8-7-17(16)21/h2-11H,12-13H2,1H3,(H,26,27). The van der Waals surface area contributed by atoms with Crippen molar-refractivity contribution in [1.82, 2.24) is 15.2 Å². The van der Waals surface area contributed by atoms with Crippen molar-refractivity contribution in [3.63, 3.8) is 0 Å². The molecule has 0 aliphatic heterocycles. The fourth-order valence-electron chi connectivity index (χ4n) is 3.21. The van der Waals surface area contributed by atoms with E-state index in [-0.39, 0.29) is 12.5 Å². The van der Waals surface area contributed by atoms with Crippen molar-refractivity contribution in [1.29, 1.82) is 0 Å². The molecule has 2 heterocycles. The molecular formula is C22H18Cl2N4O2. The normalized spacial score (nSPS) is 10.9. The first-order valence-electron chi connectivity index (χ1n) is 9.23. The van der Waals surface area contributed by atoms with Crippen LogP contribution in [-0.2, 0) is 17.9 Å². The van der Waals surface area contributed by atoms with E-state index >= 15 is 0 Å². The summed E-state index contributed by atoms with van der Waals surface area (Å²) in [7, 11) is 0. The molecule has 152 valence electrons. The number of nitrogens with one attached hydrogen (secondary N) is 1. The summed E-state index contributed by atoms with van der Waals surface area (Å²) < 4.78 is 6.05. The first-order valence-corrected chi connectivity index (χ1v) is 9.98. The van der Waals surface area contributed by atoms with Gasteiger partial charge in [0.25, 0.3) is 0 Å². The van der Waals surface area contributed by atoms with Gasteiger partial charge in [-0.25, -0.2) is 0 Å². The Bertz CT molecular complexity index is 1190. The zero-order valence-corrected chi connectivity index (χ0v) is 17.6. The number of pyridine rings is 1. The van der Waals surface area contributed by atoms with Crippen molar-refractivity contribution in [2.45, 2.75) is 20.1 Å². The molecule has 1 amide bonds. The molecule has 6 nitrogen and oxygen atoms in total. The molecule has 0 unspecified atom stereocenters. The minimum Gasteiger partial charge on any atom is -0.488 e. The maximum Gasteiger partial charge on any atom is 0.224 e. The van der Waals surface area contributed by atoms with Crippen LogP contribution in [0.5, 0.6) is 5.75 Å². The van der Waals surface area contributed by atoms with Gasteiger partial charge in [-0.2, -0.15) is 5.10 Å². The molecule has 0 fully saturated rings. The van der Waals surface area contributed by atoms with Crippen LogP contribution >= 0.6 is 23.2 Å². The Morgan fingerprint density at radius 2 is 2.03 bits per heavy atom. The third kappa shape index (κ3) is 4.10. The van der Waals surface area contributed by atoms with Gasteiger partial charge in [-0.1, -0.05) is 35.3 Å². The lowest BCUT2D eigenvalue weighted by Crippen LogP contribution is -2.28. The van der Waals surface area contributed by atoms with Gasteiger partial charge in [0.2, 0.25) is 5.91 Å². The van der Waals surface area contributed by atoms with Gasteiger partial charge < -0.3 is 9.64 Å². The Balaban J connectivity index is 1.64. The van der Waals surface area contributed by atoms with E-state index in [4.69, 9.17) is 27.9 Å². The number of amides is 1. The summed E-state index contributed by atoms with van der Waals surface area (Å²) in [6.07, 6.45) is 6.90. The topological polar surface area (TPSA) is 71.1 Å². The molecule has 1 N–H and O–H groups in total. The van der Waals surface area contributed by atoms with Gasteiger partial charge in [0, 0.05) is 52.4 Å². The number of hydrogen-bond acceptors (Lipinski definition) is 4. The number of nitrogens with zero attached hydrogens (tertiary/aromatic N) is 3. The van der Waals surface area contributed by atoms with E-state index in [2.05, 4.69) is 15.2 Å². The number of H-pyrrole nitrogens is 1. The van der Waals surface area contributed by atoms with E-state index in [0.29, 0.717) is 33.6 Å². The molecule has 4 aromatic rings. The highest BCUT2D eigenvalue weighted by molar-refractivity contribution is 6.38. The van der Waals surface area contributed by atoms with E-state index in [9.17, 15) is 4.79 Å². The molecule has 0 saturated heterocycles. The van der Waals surface area contributed by atoms with Crippen LogP contribution in [0.15, 0.2) is 61.2 Å². The lowest BCUT2D eigenvalue weighted by Gasteiger charge is -2.23. The van der Waals surface area contributed by atoms with Crippen molar-refractivity contribution < 1.29 is 9.53 Å². The average Bonchev–Trinajstić information content (AvgIpc) is 3.26. The molecular weight excluding hydrogens is 423 g/mol. The second-order valence-electron chi connectivity index (χ2n) is 6.71. The molecule has 4 rings (SSSR count). The molecule has 2 aromatic heterocycles. The molecule has 0 atom stereocenters. The van der Waals surface area contributed by atoms with Gasteiger partial charge >= 0.3 is 0 Å². The van der Waals surface area contributed by atoms with E-state index in [1.165, 1.54) is 6.92 Å². The highest BCUT2D eigenvalue weighted by Gasteiger charge is 2.20. The van der Waals surface area contributed by atoms with Crippen LogP contribution in [0.2, 0.25) is 10.0 Å². The quantitative estimate of drug-likeness (QED) is 0.435. The number of benzene rings is 2. The van der Waals surface area contributed by atoms with Crippen LogP contribution in [-0.4, -0.2) is 21.1 Å². The van der Waals surface area contributed by atoms with E-state index in [1.807, 2.05) is 24.3 Å². The van der Waals surface area contributed by atoms with Gasteiger partial charge in [0.15, 0.2) is 0 Å². The van der Waals surface area contributed by atoms with Crippen LogP contribution in [0.1, 0.15) is 18.1 Å². The van der Waals surface area contributed by atoms with E-state index in [1.54, 1.807) is 41.8 Å². The summed E-state index contributed by atoms with van der Waals surface area (Å²) in [4.78, 5) is 18.0. The highest BCUT2D eigenvalue weighted by atomic mass is 35.5. The molecule has 0 radical (unpaired) electrons. The van der Waals surface area contributed by atoms with Crippen LogP contribution < -0.4 is 9.64 Å². The Morgan fingerprint density at radius 1 is 1.17 bits per heavy atom. The van der Waals surface area contributed by atoms with Crippen molar-refractivity contribution in [3.05, 3.63) is 82.4 Å². The van der Waals surface area contributed by atoms with Crippen molar-refractivity contribution in [2.24, 2.45) is 0 Å². The number of fused-ring (bicyclic) bond motifs is 1. The second-order valence-corrected chi connectivity index (χ2v) is 7.50. The number of hydrogen-bond donors (Lipinski definition) is 1. The van der Waals surface area contributed by atoms with Gasteiger partial charge in [-0.05, 0) is 24.3 Å². The van der Waals surface area contributed by atoms with Crippen LogP contribution in [0.4, 0.5) is 5.69 Å². The summed E-state index contributed by atoms with van der Waals surface area (Å²) in [5, 5.41) is 9.44. The number of anilines is 1. The lowest BCUT2D eigenvalue weighted by atomic mass is 10.1. The number of halogens is 2. The van der Waals surface area contributed by atoms with Gasteiger partial charge in [-0.15, -0.1) is 0 Å². The Kier molecular flexibility index (Phi) is 5.88. The summed E-state index contributed by atoms with van der Waals surface area (Å²) in [6.45, 7) is 1.99. The predicted octanol–water partition coefficient (Wildman–Crippen LogP) is 5.40. The summed E-state index contributed by atoms with van der Waals surface area (Å²) in [5.74, 6) is 0.558. The number of rotatable bonds is 6. The average molecular weight is 441 g/mol. The molecule has 30 heavy (non-hydrogen) atoms. The minimum atomic E-state index is -0.145. The third-order valence-electron chi connectivity index (χ3n) is 4.74. The Hall–Kier alpha value is -3.09. The molecule has 8 heteroatoms. The molecule has 0 aliphatic rings. The zero-order chi connectivity index (χ0) is 21.1. The fourth-order valence-corrected chi connectivity index (χ4v) is 3.79. The van der Waals surface area contributed by atoms with Crippen LogP contribution in [0, 0.1) is 0 Å². The third-order valence-corrected chi connectivity index (χ3v) is 5.52. The minimum absolute atomic E-state index is 0.145. The summed E-state index contributed by atoms with van der Waals surface area (Å²) in [5.41, 5.74) is 2.04. The van der Waals surface area contributed by atoms with Crippen molar-refractivity contribution >= 4 is 45.6 Å². The SMILES string of the molecule is CC(=O)N(Cc1cn[nH]c1)c1ccc(Cl)c(COc2cccc3cnccc23)c1Cl. The van der Waals surface area contributed by atoms with Crippen molar-refractivity contribution in [3.8, 4) is 5.75 Å². The number of carbonyl (C=O) groups excluding carboxylic acids is 1. The number of aromatic nitrogens is 3. The molecule has 0 spiro atoms. The largest absolute Gasteiger partial charge is 0.488 e. The number of ether oxygens (including phenoxy) is 1. The van der Waals surface area contributed by atoms with Crippen molar-refractivity contribution in [2.75, 3.05) is 4.90 Å². The van der Waals surface area contributed by atoms with E-state index < -0.39 is 0 Å². The summed E-state index contributed by atoms with van der Waals surface area (Å²) >= 11 is 13.1. The van der Waals surface area contributed by atoms with Gasteiger partial charge in [0.1, 0.15) is 12.4 Å². The first-order chi connectivity index (χ1) is 14.5. The predicted molar refractivity (Wildman–Crippen MR) is 118 cm³/mol. The highest BCUT2D eigenvalue weighted by Crippen LogP contribution is 2.36. The Labute approximate surface area is 183 Å². The maximum atomic E-state index is 12.3. The first kappa shape index (κ1) is 20.2. The zero-order valence-electron chi connectivity index (χ0n) is 16.1. The Morgan fingerprint density at radius 3 is 2.80 bits per heavy atom. The smallest absolute Gasteiger partial charge is 0.224 e. The fraction of sp³-hybridized carbons (Fsp3) is 0.136. The molecule has 0 bridgehead atoms. The summed E-state index contributed by atoms with van der Waals surface area (Å²) in [6, 6.07) is 11.1.